The van der Waals surface area contributed by atoms with Gasteiger partial charge in [-0.25, -0.2) is 14.4 Å². The maximum atomic E-state index is 13.2. The molecule has 5 nitrogen and oxygen atoms in total. The minimum Gasteiger partial charge on any atom is -0.353 e. The number of carbonyl (C=O) groups is 1. The van der Waals surface area contributed by atoms with Gasteiger partial charge in [0.15, 0.2) is 0 Å². The molecule has 0 spiro atoms. The van der Waals surface area contributed by atoms with E-state index in [0.717, 1.165) is 35.7 Å². The summed E-state index contributed by atoms with van der Waals surface area (Å²) in [6.07, 6.45) is 1.97. The van der Waals surface area contributed by atoms with Gasteiger partial charge in [-0.2, -0.15) is 0 Å². The Morgan fingerprint density at radius 1 is 1.00 bits per heavy atom. The standard InChI is InChI=1S/C23H23FN4O/c1-17-3-2-4-18(13-17)14-23(29)28-11-9-27(10-12-28)22-15-21(25-16-26-22)19-5-7-20(24)8-6-19/h2-8,13,15-16H,9-12,14H2,1H3. The van der Waals surface area contributed by atoms with Gasteiger partial charge in [-0.3, -0.25) is 4.79 Å². The number of carbonyl (C=O) groups excluding carboxylic acids is 1. The van der Waals surface area contributed by atoms with Gasteiger partial charge in [-0.1, -0.05) is 29.8 Å². The first kappa shape index (κ1) is 19.1. The van der Waals surface area contributed by atoms with Crippen molar-refractivity contribution in [1.82, 2.24) is 14.9 Å². The second kappa shape index (κ2) is 8.39. The van der Waals surface area contributed by atoms with Gasteiger partial charge < -0.3 is 9.80 Å². The van der Waals surface area contributed by atoms with Crippen LogP contribution in [-0.2, 0) is 11.2 Å². The lowest BCUT2D eigenvalue weighted by Crippen LogP contribution is -2.49. The third-order valence-corrected chi connectivity index (χ3v) is 5.19. The SMILES string of the molecule is Cc1cccc(CC(=O)N2CCN(c3cc(-c4ccc(F)cc4)ncn3)CC2)c1. The number of rotatable bonds is 4. The minimum atomic E-state index is -0.269. The number of benzene rings is 2. The van der Waals surface area contributed by atoms with E-state index in [2.05, 4.69) is 20.9 Å². The summed E-state index contributed by atoms with van der Waals surface area (Å²) >= 11 is 0. The summed E-state index contributed by atoms with van der Waals surface area (Å²) in [5.74, 6) is 0.713. The van der Waals surface area contributed by atoms with Gasteiger partial charge in [-0.15, -0.1) is 0 Å². The van der Waals surface area contributed by atoms with Crippen molar-refractivity contribution in [3.8, 4) is 11.3 Å². The smallest absolute Gasteiger partial charge is 0.227 e. The van der Waals surface area contributed by atoms with Crippen molar-refractivity contribution in [3.05, 3.63) is 77.9 Å². The first-order valence-electron chi connectivity index (χ1n) is 9.75. The molecule has 0 saturated carbocycles. The molecule has 148 valence electrons. The fraction of sp³-hybridized carbons (Fsp3) is 0.261. The van der Waals surface area contributed by atoms with Crippen molar-refractivity contribution in [3.63, 3.8) is 0 Å². The molecule has 1 aliphatic rings. The van der Waals surface area contributed by atoms with E-state index in [-0.39, 0.29) is 11.7 Å². The number of amides is 1. The molecule has 3 aromatic rings. The van der Waals surface area contributed by atoms with Crippen LogP contribution in [0.2, 0.25) is 0 Å². The van der Waals surface area contributed by atoms with Crippen molar-refractivity contribution < 1.29 is 9.18 Å². The highest BCUT2D eigenvalue weighted by atomic mass is 19.1. The Morgan fingerprint density at radius 2 is 1.76 bits per heavy atom. The van der Waals surface area contributed by atoms with E-state index in [1.807, 2.05) is 36.1 Å². The van der Waals surface area contributed by atoms with E-state index in [0.29, 0.717) is 19.5 Å². The van der Waals surface area contributed by atoms with E-state index in [4.69, 9.17) is 0 Å². The predicted octanol–water partition coefficient (Wildman–Crippen LogP) is 3.48. The lowest BCUT2D eigenvalue weighted by Gasteiger charge is -2.35. The fourth-order valence-corrected chi connectivity index (χ4v) is 3.59. The molecule has 2 aromatic carbocycles. The lowest BCUT2D eigenvalue weighted by atomic mass is 10.1. The molecule has 1 aliphatic heterocycles. The quantitative estimate of drug-likeness (QED) is 0.684. The van der Waals surface area contributed by atoms with Gasteiger partial charge in [-0.05, 0) is 36.8 Å². The number of aryl methyl sites for hydroxylation is 1. The lowest BCUT2D eigenvalue weighted by molar-refractivity contribution is -0.130. The summed E-state index contributed by atoms with van der Waals surface area (Å²) in [4.78, 5) is 25.4. The molecule has 4 rings (SSSR count). The molecule has 0 unspecified atom stereocenters. The molecule has 1 amide bonds. The maximum Gasteiger partial charge on any atom is 0.227 e. The highest BCUT2D eigenvalue weighted by Crippen LogP contribution is 2.22. The number of halogens is 1. The minimum absolute atomic E-state index is 0.157. The van der Waals surface area contributed by atoms with Gasteiger partial charge in [0, 0.05) is 37.8 Å². The number of hydrogen-bond acceptors (Lipinski definition) is 4. The molecule has 0 atom stereocenters. The second-order valence-corrected chi connectivity index (χ2v) is 7.30. The zero-order chi connectivity index (χ0) is 20.2. The normalized spacial score (nSPS) is 14.1. The number of piperazine rings is 1. The van der Waals surface area contributed by atoms with Crippen LogP contribution in [0, 0.1) is 12.7 Å². The van der Waals surface area contributed by atoms with Gasteiger partial charge in [0.2, 0.25) is 5.91 Å². The van der Waals surface area contributed by atoms with Crippen LogP contribution < -0.4 is 4.90 Å². The maximum absolute atomic E-state index is 13.2. The zero-order valence-corrected chi connectivity index (χ0v) is 16.4. The van der Waals surface area contributed by atoms with Crippen molar-refractivity contribution in [2.24, 2.45) is 0 Å². The number of nitrogens with zero attached hydrogens (tertiary/aromatic N) is 4. The van der Waals surface area contributed by atoms with E-state index in [1.54, 1.807) is 12.1 Å². The van der Waals surface area contributed by atoms with Crippen molar-refractivity contribution in [2.45, 2.75) is 13.3 Å². The Balaban J connectivity index is 1.39. The Morgan fingerprint density at radius 3 is 2.48 bits per heavy atom. The molecule has 1 fully saturated rings. The first-order chi connectivity index (χ1) is 14.1. The molecule has 1 saturated heterocycles. The Labute approximate surface area is 169 Å². The summed E-state index contributed by atoms with van der Waals surface area (Å²) in [6, 6.07) is 16.3. The van der Waals surface area contributed by atoms with Crippen molar-refractivity contribution in [1.29, 1.82) is 0 Å². The molecule has 29 heavy (non-hydrogen) atoms. The molecule has 6 heteroatoms. The summed E-state index contributed by atoms with van der Waals surface area (Å²) in [7, 11) is 0. The van der Waals surface area contributed by atoms with Crippen LogP contribution in [0.5, 0.6) is 0 Å². The van der Waals surface area contributed by atoms with Crippen molar-refractivity contribution >= 4 is 11.7 Å². The Bertz CT molecular complexity index is 998. The molecule has 0 bridgehead atoms. The third-order valence-electron chi connectivity index (χ3n) is 5.19. The molecular weight excluding hydrogens is 367 g/mol. The second-order valence-electron chi connectivity index (χ2n) is 7.30. The van der Waals surface area contributed by atoms with Crippen LogP contribution in [0.15, 0.2) is 60.9 Å². The highest BCUT2D eigenvalue weighted by molar-refractivity contribution is 5.79. The van der Waals surface area contributed by atoms with E-state index in [9.17, 15) is 9.18 Å². The summed E-state index contributed by atoms with van der Waals surface area (Å²) in [5.41, 5.74) is 3.83. The molecule has 2 heterocycles. The molecule has 0 aliphatic carbocycles. The van der Waals surface area contributed by atoms with E-state index in [1.165, 1.54) is 24.0 Å². The molecule has 1 aromatic heterocycles. The van der Waals surface area contributed by atoms with E-state index >= 15 is 0 Å². The van der Waals surface area contributed by atoms with Gasteiger partial charge in [0.05, 0.1) is 12.1 Å². The Hall–Kier alpha value is -3.28. The average molecular weight is 390 g/mol. The van der Waals surface area contributed by atoms with Gasteiger partial charge >= 0.3 is 0 Å². The number of anilines is 1. The summed E-state index contributed by atoms with van der Waals surface area (Å²) < 4.78 is 13.2. The molecule has 0 radical (unpaired) electrons. The fourth-order valence-electron chi connectivity index (χ4n) is 3.59. The van der Waals surface area contributed by atoms with Crippen LogP contribution in [0.4, 0.5) is 10.2 Å². The largest absolute Gasteiger partial charge is 0.353 e. The zero-order valence-electron chi connectivity index (χ0n) is 16.4. The Kier molecular flexibility index (Phi) is 5.51. The molecular formula is C23H23FN4O. The van der Waals surface area contributed by atoms with Crippen LogP contribution in [-0.4, -0.2) is 47.0 Å². The van der Waals surface area contributed by atoms with Crippen molar-refractivity contribution in [2.75, 3.05) is 31.1 Å². The predicted molar refractivity (Wildman–Crippen MR) is 111 cm³/mol. The highest BCUT2D eigenvalue weighted by Gasteiger charge is 2.22. The summed E-state index contributed by atoms with van der Waals surface area (Å²) in [6.45, 7) is 4.81. The number of hydrogen-bond donors (Lipinski definition) is 0. The monoisotopic (exact) mass is 390 g/mol. The average Bonchev–Trinajstić information content (AvgIpc) is 2.74. The molecule has 0 N–H and O–H groups in total. The van der Waals surface area contributed by atoms with E-state index < -0.39 is 0 Å². The number of aromatic nitrogens is 2. The topological polar surface area (TPSA) is 49.3 Å². The van der Waals surface area contributed by atoms with Gasteiger partial charge in [0.1, 0.15) is 18.0 Å². The first-order valence-corrected chi connectivity index (χ1v) is 9.75. The third kappa shape index (κ3) is 4.59. The van der Waals surface area contributed by atoms with Crippen LogP contribution in [0.3, 0.4) is 0 Å². The summed E-state index contributed by atoms with van der Waals surface area (Å²) in [5, 5.41) is 0. The van der Waals surface area contributed by atoms with Gasteiger partial charge in [0.25, 0.3) is 0 Å². The van der Waals surface area contributed by atoms with Crippen LogP contribution in [0.25, 0.3) is 11.3 Å². The van der Waals surface area contributed by atoms with Crippen LogP contribution in [0.1, 0.15) is 11.1 Å². The van der Waals surface area contributed by atoms with Crippen LogP contribution >= 0.6 is 0 Å².